The minimum atomic E-state index is -2.35. The van der Waals surface area contributed by atoms with Gasteiger partial charge in [0.1, 0.15) is 0 Å². The first-order chi connectivity index (χ1) is 5.11. The molecule has 1 aliphatic heterocycles. The monoisotopic (exact) mass is 164 g/mol. The molecule has 0 aromatic heterocycles. The van der Waals surface area contributed by atoms with Gasteiger partial charge in [0.05, 0.1) is 13.0 Å². The van der Waals surface area contributed by atoms with Crippen LogP contribution in [0.15, 0.2) is 0 Å². The second kappa shape index (κ2) is 3.15. The highest BCUT2D eigenvalue weighted by atomic mass is 19.3. The lowest BCUT2D eigenvalue weighted by Gasteiger charge is -2.14. The average molecular weight is 164 g/mol. The highest BCUT2D eigenvalue weighted by Crippen LogP contribution is 2.26. The van der Waals surface area contributed by atoms with Gasteiger partial charge in [-0.25, -0.2) is 8.78 Å². The second-order valence-corrected chi connectivity index (χ2v) is 2.84. The van der Waals surface area contributed by atoms with Crippen molar-refractivity contribution in [2.24, 2.45) is 11.8 Å². The molecule has 0 amide bonds. The van der Waals surface area contributed by atoms with Gasteiger partial charge in [-0.15, -0.1) is 0 Å². The normalized spacial score (nSPS) is 27.3. The Hall–Kier alpha value is -0.670. The summed E-state index contributed by atoms with van der Waals surface area (Å²) in [5.41, 5.74) is 0. The number of hydrogen-bond acceptors (Lipinski definition) is 2. The molecular weight excluding hydrogens is 154 g/mol. The molecule has 0 bridgehead atoms. The van der Waals surface area contributed by atoms with E-state index >= 15 is 0 Å². The van der Waals surface area contributed by atoms with Crippen LogP contribution in [-0.2, 0) is 9.53 Å². The fraction of sp³-hybridized carbons (Fsp3) is 0.857. The lowest BCUT2D eigenvalue weighted by atomic mass is 9.94. The van der Waals surface area contributed by atoms with Gasteiger partial charge in [0.2, 0.25) is 6.43 Å². The van der Waals surface area contributed by atoms with Gasteiger partial charge in [0, 0.05) is 11.8 Å². The number of cyclic esters (lactones) is 1. The van der Waals surface area contributed by atoms with Crippen LogP contribution in [0.1, 0.15) is 13.3 Å². The van der Waals surface area contributed by atoms with Crippen LogP contribution in [0.25, 0.3) is 0 Å². The van der Waals surface area contributed by atoms with Crippen molar-refractivity contribution in [2.45, 2.75) is 19.8 Å². The summed E-state index contributed by atoms with van der Waals surface area (Å²) in [5, 5.41) is 0. The van der Waals surface area contributed by atoms with Gasteiger partial charge in [-0.1, -0.05) is 6.92 Å². The van der Waals surface area contributed by atoms with Crippen molar-refractivity contribution >= 4 is 5.97 Å². The molecule has 0 radical (unpaired) electrons. The summed E-state index contributed by atoms with van der Waals surface area (Å²) < 4.78 is 28.6. The Labute approximate surface area is 63.5 Å². The molecule has 0 saturated carbocycles. The lowest BCUT2D eigenvalue weighted by molar-refractivity contribution is -0.137. The number of alkyl halides is 2. The molecule has 0 aliphatic carbocycles. The molecule has 1 heterocycles. The van der Waals surface area contributed by atoms with Gasteiger partial charge in [0.15, 0.2) is 0 Å². The number of carbonyl (C=O) groups is 1. The van der Waals surface area contributed by atoms with E-state index in [1.165, 1.54) is 6.92 Å². The average Bonchev–Trinajstić information content (AvgIpc) is 2.34. The quantitative estimate of drug-likeness (QED) is 0.577. The van der Waals surface area contributed by atoms with E-state index < -0.39 is 12.3 Å². The van der Waals surface area contributed by atoms with Crippen LogP contribution in [0.4, 0.5) is 8.78 Å². The standard InChI is InChI=1S/C7H10F2O2/c1-4(7(8)9)5-2-6(10)11-3-5/h4-5,7H,2-3H2,1H3/t4-,5-/m1/s1. The zero-order valence-corrected chi connectivity index (χ0v) is 6.22. The lowest BCUT2D eigenvalue weighted by Crippen LogP contribution is -2.18. The molecule has 1 rings (SSSR count). The molecule has 2 nitrogen and oxygen atoms in total. The fourth-order valence-corrected chi connectivity index (χ4v) is 1.08. The molecule has 11 heavy (non-hydrogen) atoms. The number of hydrogen-bond donors (Lipinski definition) is 0. The van der Waals surface area contributed by atoms with Crippen molar-refractivity contribution < 1.29 is 18.3 Å². The Morgan fingerprint density at radius 3 is 2.64 bits per heavy atom. The van der Waals surface area contributed by atoms with E-state index in [4.69, 9.17) is 0 Å². The van der Waals surface area contributed by atoms with Crippen LogP contribution in [-0.4, -0.2) is 19.0 Å². The third-order valence-corrected chi connectivity index (χ3v) is 2.03. The number of ether oxygens (including phenoxy) is 1. The van der Waals surface area contributed by atoms with E-state index in [1.807, 2.05) is 0 Å². The largest absolute Gasteiger partial charge is 0.465 e. The molecule has 1 saturated heterocycles. The van der Waals surface area contributed by atoms with Crippen LogP contribution >= 0.6 is 0 Å². The summed E-state index contributed by atoms with van der Waals surface area (Å²) in [6.45, 7) is 1.60. The van der Waals surface area contributed by atoms with Gasteiger partial charge in [-0.2, -0.15) is 0 Å². The van der Waals surface area contributed by atoms with E-state index in [9.17, 15) is 13.6 Å². The second-order valence-electron chi connectivity index (χ2n) is 2.84. The Morgan fingerprint density at radius 1 is 1.64 bits per heavy atom. The van der Waals surface area contributed by atoms with Gasteiger partial charge in [-0.05, 0) is 0 Å². The Bertz CT molecular complexity index is 159. The minimum absolute atomic E-state index is 0.144. The first-order valence-electron chi connectivity index (χ1n) is 3.55. The predicted octanol–water partition coefficient (Wildman–Crippen LogP) is 1.45. The Balaban J connectivity index is 2.43. The molecule has 1 aliphatic rings. The van der Waals surface area contributed by atoms with Crippen LogP contribution in [0.5, 0.6) is 0 Å². The summed E-state index contributed by atoms with van der Waals surface area (Å²) in [5.74, 6) is -1.38. The third kappa shape index (κ3) is 1.88. The summed E-state index contributed by atoms with van der Waals surface area (Å²) in [6, 6.07) is 0. The van der Waals surface area contributed by atoms with Gasteiger partial charge >= 0.3 is 5.97 Å². The van der Waals surface area contributed by atoms with Gasteiger partial charge in [0.25, 0.3) is 0 Å². The number of rotatable bonds is 2. The molecule has 0 N–H and O–H groups in total. The van der Waals surface area contributed by atoms with Crippen molar-refractivity contribution in [3.63, 3.8) is 0 Å². The molecule has 4 heteroatoms. The topological polar surface area (TPSA) is 26.3 Å². The summed E-state index contributed by atoms with van der Waals surface area (Å²) in [7, 11) is 0. The molecule has 0 aromatic rings. The van der Waals surface area contributed by atoms with Crippen LogP contribution in [0.2, 0.25) is 0 Å². The van der Waals surface area contributed by atoms with E-state index in [1.54, 1.807) is 0 Å². The number of halogens is 2. The molecule has 0 unspecified atom stereocenters. The highest BCUT2D eigenvalue weighted by molar-refractivity contribution is 5.71. The van der Waals surface area contributed by atoms with Crippen LogP contribution in [0.3, 0.4) is 0 Å². The van der Waals surface area contributed by atoms with Crippen molar-refractivity contribution in [3.8, 4) is 0 Å². The van der Waals surface area contributed by atoms with E-state index in [2.05, 4.69) is 4.74 Å². The Kier molecular flexibility index (Phi) is 2.42. The van der Waals surface area contributed by atoms with Crippen molar-refractivity contribution in [3.05, 3.63) is 0 Å². The SMILES string of the molecule is C[C@@H](C(F)F)[C@H]1COC(=O)C1. The van der Waals surface area contributed by atoms with Crippen molar-refractivity contribution in [1.82, 2.24) is 0 Å². The van der Waals surface area contributed by atoms with E-state index in [0.717, 1.165) is 0 Å². The maximum absolute atomic E-state index is 12.0. The smallest absolute Gasteiger partial charge is 0.306 e. The number of carbonyl (C=O) groups excluding carboxylic acids is 1. The van der Waals surface area contributed by atoms with Crippen LogP contribution in [0, 0.1) is 11.8 Å². The highest BCUT2D eigenvalue weighted by Gasteiger charge is 2.33. The molecule has 0 aromatic carbocycles. The van der Waals surface area contributed by atoms with Gasteiger partial charge < -0.3 is 4.74 Å². The molecular formula is C7H10F2O2. The maximum atomic E-state index is 12.0. The van der Waals surface area contributed by atoms with Crippen molar-refractivity contribution in [2.75, 3.05) is 6.61 Å². The number of esters is 1. The minimum Gasteiger partial charge on any atom is -0.465 e. The summed E-state index contributed by atoms with van der Waals surface area (Å²) >= 11 is 0. The third-order valence-electron chi connectivity index (χ3n) is 2.03. The van der Waals surface area contributed by atoms with E-state index in [0.29, 0.717) is 0 Å². The summed E-state index contributed by atoms with van der Waals surface area (Å²) in [4.78, 5) is 10.5. The first kappa shape index (κ1) is 8.43. The zero-order valence-electron chi connectivity index (χ0n) is 6.22. The Morgan fingerprint density at radius 2 is 2.27 bits per heavy atom. The predicted molar refractivity (Wildman–Crippen MR) is 34.2 cm³/mol. The zero-order chi connectivity index (χ0) is 8.43. The van der Waals surface area contributed by atoms with Crippen molar-refractivity contribution in [1.29, 1.82) is 0 Å². The molecule has 2 atom stereocenters. The fourth-order valence-electron chi connectivity index (χ4n) is 1.08. The maximum Gasteiger partial charge on any atom is 0.306 e. The molecule has 64 valence electrons. The van der Waals surface area contributed by atoms with E-state index in [-0.39, 0.29) is 24.9 Å². The molecule has 1 fully saturated rings. The van der Waals surface area contributed by atoms with Gasteiger partial charge in [-0.3, -0.25) is 4.79 Å². The first-order valence-corrected chi connectivity index (χ1v) is 3.55. The van der Waals surface area contributed by atoms with Crippen LogP contribution < -0.4 is 0 Å². The molecule has 0 spiro atoms. The summed E-state index contributed by atoms with van der Waals surface area (Å²) in [6.07, 6.45) is -2.21.